The van der Waals surface area contributed by atoms with Gasteiger partial charge in [-0.2, -0.15) is 0 Å². The first-order valence-corrected chi connectivity index (χ1v) is 7.99. The zero-order valence-electron chi connectivity index (χ0n) is 12.2. The van der Waals surface area contributed by atoms with Crippen LogP contribution in [0.4, 0.5) is 0 Å². The number of nitrogens with zero attached hydrogens (tertiary/aromatic N) is 4. The molecule has 0 bridgehead atoms. The lowest BCUT2D eigenvalue weighted by Gasteiger charge is -2.24. The quantitative estimate of drug-likeness (QED) is 0.805. The first-order valence-electron chi connectivity index (χ1n) is 7.62. The summed E-state index contributed by atoms with van der Waals surface area (Å²) in [5.41, 5.74) is 2.07. The van der Waals surface area contributed by atoms with E-state index < -0.39 is 0 Å². The van der Waals surface area contributed by atoms with Crippen LogP contribution in [0.15, 0.2) is 36.9 Å². The number of pyridine rings is 1. The van der Waals surface area contributed by atoms with Crippen molar-refractivity contribution in [2.45, 2.75) is 25.9 Å². The van der Waals surface area contributed by atoms with Crippen molar-refractivity contribution in [1.29, 1.82) is 0 Å². The number of aryl methyl sites for hydroxylation is 1. The second-order valence-electron chi connectivity index (χ2n) is 5.86. The molecule has 0 radical (unpaired) electrons. The molecule has 0 aliphatic carbocycles. The third-order valence-electron chi connectivity index (χ3n) is 4.32. The number of nitrogens with one attached hydrogen (secondary N) is 1. The first kappa shape index (κ1) is 13.8. The van der Waals surface area contributed by atoms with Gasteiger partial charge in [-0.15, -0.1) is 0 Å². The molecule has 1 N–H and O–H groups in total. The van der Waals surface area contributed by atoms with Crippen LogP contribution in [0.3, 0.4) is 0 Å². The van der Waals surface area contributed by atoms with Gasteiger partial charge in [-0.3, -0.25) is 0 Å². The maximum Gasteiger partial charge on any atom is 0.137 e. The standard InChI is InChI=1S/C16H18ClN5/c17-13-2-4-16-20-9-14(22(16)11-13)8-18-7-12-1-3-15-19-5-6-21(15)10-12/h2,4-6,9,11-12,18H,1,3,7-8,10H2/t12-/m0/s1. The van der Waals surface area contributed by atoms with Crippen molar-refractivity contribution in [2.24, 2.45) is 5.92 Å². The van der Waals surface area contributed by atoms with Gasteiger partial charge in [0, 0.05) is 44.6 Å². The highest BCUT2D eigenvalue weighted by atomic mass is 35.5. The highest BCUT2D eigenvalue weighted by Gasteiger charge is 2.18. The number of hydrogen-bond donors (Lipinski definition) is 1. The minimum Gasteiger partial charge on any atom is -0.335 e. The summed E-state index contributed by atoms with van der Waals surface area (Å²) in [5, 5.41) is 4.28. The molecule has 4 heterocycles. The highest BCUT2D eigenvalue weighted by Crippen LogP contribution is 2.18. The van der Waals surface area contributed by atoms with E-state index >= 15 is 0 Å². The van der Waals surface area contributed by atoms with Gasteiger partial charge in [-0.25, -0.2) is 9.97 Å². The van der Waals surface area contributed by atoms with Gasteiger partial charge in [0.2, 0.25) is 0 Å². The lowest BCUT2D eigenvalue weighted by molar-refractivity contribution is 0.347. The SMILES string of the molecule is Clc1ccc2ncc(CNC[C@@H]3CCc4nccn4C3)n2c1. The Morgan fingerprint density at radius 1 is 1.32 bits per heavy atom. The lowest BCUT2D eigenvalue weighted by atomic mass is 9.99. The largest absolute Gasteiger partial charge is 0.335 e. The van der Waals surface area contributed by atoms with Crippen LogP contribution in [0, 0.1) is 5.92 Å². The fraction of sp³-hybridized carbons (Fsp3) is 0.375. The molecule has 114 valence electrons. The molecule has 5 nitrogen and oxygen atoms in total. The Morgan fingerprint density at radius 3 is 3.23 bits per heavy atom. The molecule has 1 atom stereocenters. The molecular formula is C16H18ClN5. The maximum absolute atomic E-state index is 6.06. The summed E-state index contributed by atoms with van der Waals surface area (Å²) in [4.78, 5) is 8.77. The molecule has 0 fully saturated rings. The van der Waals surface area contributed by atoms with E-state index in [9.17, 15) is 0 Å². The zero-order valence-corrected chi connectivity index (χ0v) is 13.0. The summed E-state index contributed by atoms with van der Waals surface area (Å²) in [6.07, 6.45) is 10.1. The lowest BCUT2D eigenvalue weighted by Crippen LogP contribution is -2.30. The molecule has 1 aliphatic heterocycles. The highest BCUT2D eigenvalue weighted by molar-refractivity contribution is 6.30. The normalized spacial score (nSPS) is 17.8. The monoisotopic (exact) mass is 315 g/mol. The van der Waals surface area contributed by atoms with Crippen molar-refractivity contribution in [3.8, 4) is 0 Å². The molecule has 0 saturated heterocycles. The van der Waals surface area contributed by atoms with Crippen LogP contribution in [0.5, 0.6) is 0 Å². The molecule has 3 aromatic heterocycles. The van der Waals surface area contributed by atoms with Gasteiger partial charge in [0.05, 0.1) is 16.9 Å². The Bertz CT molecular complexity index is 791. The Kier molecular flexibility index (Phi) is 3.60. The minimum absolute atomic E-state index is 0.657. The van der Waals surface area contributed by atoms with E-state index in [1.165, 1.54) is 12.2 Å². The van der Waals surface area contributed by atoms with Crippen LogP contribution < -0.4 is 5.32 Å². The molecule has 22 heavy (non-hydrogen) atoms. The predicted octanol–water partition coefficient (Wildman–Crippen LogP) is 2.54. The number of rotatable bonds is 4. The smallest absolute Gasteiger partial charge is 0.137 e. The van der Waals surface area contributed by atoms with Gasteiger partial charge < -0.3 is 14.3 Å². The number of aromatic nitrogens is 4. The molecular weight excluding hydrogens is 298 g/mol. The molecule has 3 aromatic rings. The van der Waals surface area contributed by atoms with Crippen LogP contribution in [-0.4, -0.2) is 25.5 Å². The molecule has 6 heteroatoms. The molecule has 0 amide bonds. The van der Waals surface area contributed by atoms with E-state index in [1.54, 1.807) is 0 Å². The van der Waals surface area contributed by atoms with Gasteiger partial charge in [-0.1, -0.05) is 11.6 Å². The molecule has 0 unspecified atom stereocenters. The summed E-state index contributed by atoms with van der Waals surface area (Å²) in [7, 11) is 0. The summed E-state index contributed by atoms with van der Waals surface area (Å²) in [6.45, 7) is 2.86. The van der Waals surface area contributed by atoms with Crippen molar-refractivity contribution in [1.82, 2.24) is 24.3 Å². The van der Waals surface area contributed by atoms with Crippen molar-refractivity contribution in [3.05, 3.63) is 53.5 Å². The van der Waals surface area contributed by atoms with E-state index in [1.807, 2.05) is 35.1 Å². The van der Waals surface area contributed by atoms with Crippen molar-refractivity contribution in [2.75, 3.05) is 6.54 Å². The predicted molar refractivity (Wildman–Crippen MR) is 85.9 cm³/mol. The summed E-state index contributed by atoms with van der Waals surface area (Å²) in [6, 6.07) is 3.80. The second kappa shape index (κ2) is 5.74. The van der Waals surface area contributed by atoms with E-state index in [0.717, 1.165) is 42.4 Å². The van der Waals surface area contributed by atoms with Crippen molar-refractivity contribution >= 4 is 17.2 Å². The fourth-order valence-electron chi connectivity index (χ4n) is 3.14. The Balaban J connectivity index is 1.38. The molecule has 0 aromatic carbocycles. The van der Waals surface area contributed by atoms with Crippen LogP contribution in [0.25, 0.3) is 5.65 Å². The number of halogens is 1. The van der Waals surface area contributed by atoms with E-state index in [4.69, 9.17) is 11.6 Å². The van der Waals surface area contributed by atoms with Gasteiger partial charge in [0.25, 0.3) is 0 Å². The molecule has 4 rings (SSSR count). The molecule has 0 spiro atoms. The fourth-order valence-corrected chi connectivity index (χ4v) is 3.30. The van der Waals surface area contributed by atoms with Crippen LogP contribution in [0.2, 0.25) is 5.02 Å². The summed E-state index contributed by atoms with van der Waals surface area (Å²) < 4.78 is 4.31. The van der Waals surface area contributed by atoms with Crippen molar-refractivity contribution < 1.29 is 0 Å². The van der Waals surface area contributed by atoms with Crippen molar-refractivity contribution in [3.63, 3.8) is 0 Å². The average molecular weight is 316 g/mol. The third kappa shape index (κ3) is 2.62. The number of imidazole rings is 2. The first-order chi connectivity index (χ1) is 10.8. The Labute approximate surface area is 134 Å². The topological polar surface area (TPSA) is 47.2 Å². The number of hydrogen-bond acceptors (Lipinski definition) is 3. The van der Waals surface area contributed by atoms with E-state index in [0.29, 0.717) is 5.92 Å². The maximum atomic E-state index is 6.06. The van der Waals surface area contributed by atoms with Crippen LogP contribution >= 0.6 is 11.6 Å². The van der Waals surface area contributed by atoms with E-state index in [-0.39, 0.29) is 0 Å². The Hall–Kier alpha value is -1.85. The van der Waals surface area contributed by atoms with Gasteiger partial charge in [-0.05, 0) is 24.5 Å². The van der Waals surface area contributed by atoms with E-state index in [2.05, 4.69) is 26.0 Å². The summed E-state index contributed by atoms with van der Waals surface area (Å²) >= 11 is 6.06. The van der Waals surface area contributed by atoms with Crippen LogP contribution in [0.1, 0.15) is 17.9 Å². The van der Waals surface area contributed by atoms with Gasteiger partial charge >= 0.3 is 0 Å². The van der Waals surface area contributed by atoms with Gasteiger partial charge in [0.15, 0.2) is 0 Å². The summed E-state index contributed by atoms with van der Waals surface area (Å²) in [5.74, 6) is 1.87. The minimum atomic E-state index is 0.657. The molecule has 0 saturated carbocycles. The third-order valence-corrected chi connectivity index (χ3v) is 4.54. The molecule has 1 aliphatic rings. The zero-order chi connectivity index (χ0) is 14.9. The second-order valence-corrected chi connectivity index (χ2v) is 6.29. The Morgan fingerprint density at radius 2 is 2.27 bits per heavy atom. The van der Waals surface area contributed by atoms with Gasteiger partial charge in [0.1, 0.15) is 11.5 Å². The average Bonchev–Trinajstić information content (AvgIpc) is 3.13. The number of fused-ring (bicyclic) bond motifs is 2. The van der Waals surface area contributed by atoms with Crippen LogP contribution in [-0.2, 0) is 19.5 Å².